The molecular formula is C18H31N3. The monoisotopic (exact) mass is 289 g/mol. The SMILES string of the molecule is C=CC1=NCC(CCN(C)CCCCC)=CN1C/C=C\C. The van der Waals surface area contributed by atoms with Crippen LogP contribution in [-0.4, -0.2) is 48.9 Å². The molecule has 0 spiro atoms. The van der Waals surface area contributed by atoms with Crippen molar-refractivity contribution in [1.29, 1.82) is 0 Å². The molecule has 0 aromatic heterocycles. The lowest BCUT2D eigenvalue weighted by Crippen LogP contribution is -2.29. The Morgan fingerprint density at radius 1 is 1.38 bits per heavy atom. The standard InChI is InChI=1S/C18H31N3/c1-5-8-10-12-20(4)14-11-17-15-19-18(7-3)21(16-17)13-9-6-2/h6-7,9,16H,3,5,8,10-15H2,1-2,4H3/b9-6-. The van der Waals surface area contributed by atoms with Crippen LogP contribution in [0.25, 0.3) is 0 Å². The van der Waals surface area contributed by atoms with Crippen LogP contribution in [0.2, 0.25) is 0 Å². The molecule has 0 fully saturated rings. The third-order valence-corrected chi connectivity index (χ3v) is 3.76. The van der Waals surface area contributed by atoms with E-state index in [-0.39, 0.29) is 0 Å². The van der Waals surface area contributed by atoms with Crippen molar-refractivity contribution in [2.45, 2.75) is 39.5 Å². The average molecular weight is 289 g/mol. The van der Waals surface area contributed by atoms with Gasteiger partial charge in [-0.15, -0.1) is 0 Å². The summed E-state index contributed by atoms with van der Waals surface area (Å²) in [5.41, 5.74) is 1.41. The van der Waals surface area contributed by atoms with Gasteiger partial charge < -0.3 is 9.80 Å². The highest BCUT2D eigenvalue weighted by Gasteiger charge is 2.12. The molecule has 0 radical (unpaired) electrons. The van der Waals surface area contributed by atoms with E-state index in [1.54, 1.807) is 0 Å². The molecule has 1 aliphatic heterocycles. The second kappa shape index (κ2) is 10.4. The topological polar surface area (TPSA) is 18.8 Å². The fourth-order valence-corrected chi connectivity index (χ4v) is 2.37. The summed E-state index contributed by atoms with van der Waals surface area (Å²) in [4.78, 5) is 9.23. The van der Waals surface area contributed by atoms with Crippen molar-refractivity contribution < 1.29 is 0 Å². The van der Waals surface area contributed by atoms with Gasteiger partial charge in [-0.25, -0.2) is 0 Å². The van der Waals surface area contributed by atoms with Crippen molar-refractivity contribution in [2.75, 3.05) is 33.2 Å². The van der Waals surface area contributed by atoms with Crippen LogP contribution in [0.3, 0.4) is 0 Å². The van der Waals surface area contributed by atoms with E-state index in [9.17, 15) is 0 Å². The largest absolute Gasteiger partial charge is 0.330 e. The van der Waals surface area contributed by atoms with Crippen LogP contribution >= 0.6 is 0 Å². The zero-order valence-corrected chi connectivity index (χ0v) is 14.0. The molecule has 0 N–H and O–H groups in total. The molecule has 1 aliphatic rings. The van der Waals surface area contributed by atoms with Gasteiger partial charge in [-0.1, -0.05) is 38.5 Å². The first-order valence-electron chi connectivity index (χ1n) is 8.14. The van der Waals surface area contributed by atoms with Crippen LogP contribution < -0.4 is 0 Å². The van der Waals surface area contributed by atoms with Gasteiger partial charge in [0, 0.05) is 19.3 Å². The van der Waals surface area contributed by atoms with Gasteiger partial charge in [0.2, 0.25) is 0 Å². The second-order valence-electron chi connectivity index (χ2n) is 5.65. The van der Waals surface area contributed by atoms with Gasteiger partial charge in [0.25, 0.3) is 0 Å². The van der Waals surface area contributed by atoms with Crippen LogP contribution in [0.15, 0.2) is 41.6 Å². The van der Waals surface area contributed by atoms with Crippen LogP contribution in [0.4, 0.5) is 0 Å². The first-order chi connectivity index (χ1) is 10.2. The molecular weight excluding hydrogens is 258 g/mol. The lowest BCUT2D eigenvalue weighted by Gasteiger charge is -2.25. The normalized spacial score (nSPS) is 15.5. The van der Waals surface area contributed by atoms with E-state index in [2.05, 4.69) is 53.7 Å². The van der Waals surface area contributed by atoms with Gasteiger partial charge in [-0.2, -0.15) is 0 Å². The van der Waals surface area contributed by atoms with Gasteiger partial charge in [0.15, 0.2) is 0 Å². The van der Waals surface area contributed by atoms with Gasteiger partial charge >= 0.3 is 0 Å². The lowest BCUT2D eigenvalue weighted by atomic mass is 10.1. The Morgan fingerprint density at radius 2 is 2.19 bits per heavy atom. The molecule has 1 heterocycles. The van der Waals surface area contributed by atoms with Crippen LogP contribution in [0, 0.1) is 0 Å². The van der Waals surface area contributed by atoms with E-state index in [0.717, 1.165) is 31.9 Å². The Hall–Kier alpha value is -1.35. The van der Waals surface area contributed by atoms with E-state index in [1.807, 2.05) is 13.0 Å². The van der Waals surface area contributed by atoms with Crippen LogP contribution in [0.1, 0.15) is 39.5 Å². The van der Waals surface area contributed by atoms with E-state index in [4.69, 9.17) is 0 Å². The van der Waals surface area contributed by atoms with Crippen molar-refractivity contribution in [3.8, 4) is 0 Å². The number of allylic oxidation sites excluding steroid dienone is 1. The van der Waals surface area contributed by atoms with Crippen molar-refractivity contribution in [1.82, 2.24) is 9.80 Å². The van der Waals surface area contributed by atoms with Gasteiger partial charge in [-0.05, 0) is 45.0 Å². The smallest absolute Gasteiger partial charge is 0.127 e. The molecule has 0 saturated carbocycles. The Labute approximate surface area is 130 Å². The minimum absolute atomic E-state index is 0.816. The number of unbranched alkanes of at least 4 members (excludes halogenated alkanes) is 2. The summed E-state index contributed by atoms with van der Waals surface area (Å²) >= 11 is 0. The predicted octanol–water partition coefficient (Wildman–Crippen LogP) is 3.86. The van der Waals surface area contributed by atoms with E-state index >= 15 is 0 Å². The number of nitrogens with zero attached hydrogens (tertiary/aromatic N) is 3. The Morgan fingerprint density at radius 3 is 2.86 bits per heavy atom. The summed E-state index contributed by atoms with van der Waals surface area (Å²) in [5.74, 6) is 0.980. The molecule has 0 aliphatic carbocycles. The number of rotatable bonds is 10. The first-order valence-corrected chi connectivity index (χ1v) is 8.14. The fraction of sp³-hybridized carbons (Fsp3) is 0.611. The zero-order valence-electron chi connectivity index (χ0n) is 14.0. The summed E-state index contributed by atoms with van der Waals surface area (Å²) in [6, 6.07) is 0. The number of hydrogen-bond acceptors (Lipinski definition) is 3. The molecule has 0 amide bonds. The van der Waals surface area contributed by atoms with Crippen molar-refractivity contribution in [2.24, 2.45) is 4.99 Å². The average Bonchev–Trinajstić information content (AvgIpc) is 2.51. The molecule has 0 bridgehead atoms. The molecule has 0 unspecified atom stereocenters. The predicted molar refractivity (Wildman–Crippen MR) is 93.7 cm³/mol. The highest BCUT2D eigenvalue weighted by Crippen LogP contribution is 2.13. The summed E-state index contributed by atoms with van der Waals surface area (Å²) in [7, 11) is 2.22. The highest BCUT2D eigenvalue weighted by molar-refractivity contribution is 5.94. The Bertz CT molecular complexity index is 393. The van der Waals surface area contributed by atoms with Gasteiger partial charge in [0.1, 0.15) is 5.84 Å². The molecule has 118 valence electrons. The fourth-order valence-electron chi connectivity index (χ4n) is 2.37. The molecule has 0 aromatic rings. The minimum atomic E-state index is 0.816. The van der Waals surface area contributed by atoms with E-state index < -0.39 is 0 Å². The highest BCUT2D eigenvalue weighted by atomic mass is 15.2. The molecule has 0 saturated heterocycles. The lowest BCUT2D eigenvalue weighted by molar-refractivity contribution is 0.328. The quantitative estimate of drug-likeness (QED) is 0.449. The third kappa shape index (κ3) is 6.76. The minimum Gasteiger partial charge on any atom is -0.330 e. The second-order valence-corrected chi connectivity index (χ2v) is 5.65. The van der Waals surface area contributed by atoms with Crippen molar-refractivity contribution in [3.05, 3.63) is 36.6 Å². The van der Waals surface area contributed by atoms with Gasteiger partial charge in [-0.3, -0.25) is 4.99 Å². The Kier molecular flexibility index (Phi) is 8.76. The maximum absolute atomic E-state index is 4.62. The summed E-state index contributed by atoms with van der Waals surface area (Å²) < 4.78 is 0. The molecule has 3 nitrogen and oxygen atoms in total. The maximum Gasteiger partial charge on any atom is 0.127 e. The zero-order chi connectivity index (χ0) is 15.5. The molecule has 3 heteroatoms. The molecule has 0 atom stereocenters. The maximum atomic E-state index is 4.62. The number of amidine groups is 1. The number of aliphatic imine (C=N–C) groups is 1. The first kappa shape index (κ1) is 17.7. The van der Waals surface area contributed by atoms with Crippen LogP contribution in [0.5, 0.6) is 0 Å². The summed E-state index contributed by atoms with van der Waals surface area (Å²) in [5, 5.41) is 0. The summed E-state index contributed by atoms with van der Waals surface area (Å²) in [6.45, 7) is 12.2. The van der Waals surface area contributed by atoms with Crippen molar-refractivity contribution in [3.63, 3.8) is 0 Å². The molecule has 21 heavy (non-hydrogen) atoms. The third-order valence-electron chi connectivity index (χ3n) is 3.76. The number of hydrogen-bond donors (Lipinski definition) is 0. The summed E-state index contributed by atoms with van der Waals surface area (Å²) in [6.07, 6.45) is 13.3. The van der Waals surface area contributed by atoms with E-state index in [1.165, 1.54) is 31.4 Å². The van der Waals surface area contributed by atoms with Gasteiger partial charge in [0.05, 0.1) is 6.54 Å². The Balaban J connectivity index is 2.44. The van der Waals surface area contributed by atoms with Crippen molar-refractivity contribution >= 4 is 5.84 Å². The molecule has 0 aromatic carbocycles. The van der Waals surface area contributed by atoms with E-state index in [0.29, 0.717) is 0 Å². The molecule has 1 rings (SSSR count). The van der Waals surface area contributed by atoms with Crippen LogP contribution in [-0.2, 0) is 0 Å².